The van der Waals surface area contributed by atoms with Crippen molar-refractivity contribution in [2.75, 3.05) is 11.1 Å². The number of nitrogens with two attached hydrogens (primary N) is 1. The molecular weight excluding hydrogens is 454 g/mol. The highest BCUT2D eigenvalue weighted by atomic mass is 16.5. The minimum absolute atomic E-state index is 0.0367. The van der Waals surface area contributed by atoms with Gasteiger partial charge in [0.05, 0.1) is 23.0 Å². The minimum Gasteiger partial charge on any atom is -0.398 e. The van der Waals surface area contributed by atoms with Crippen molar-refractivity contribution >= 4 is 23.5 Å². The molecule has 8 heteroatoms. The Morgan fingerprint density at radius 1 is 1.22 bits per heavy atom. The summed E-state index contributed by atoms with van der Waals surface area (Å²) in [6.07, 6.45) is 6.45. The number of nitrogens with zero attached hydrogens (tertiary/aromatic N) is 3. The van der Waals surface area contributed by atoms with Gasteiger partial charge in [0.1, 0.15) is 0 Å². The van der Waals surface area contributed by atoms with Crippen LogP contribution in [-0.4, -0.2) is 39.1 Å². The summed E-state index contributed by atoms with van der Waals surface area (Å²) in [6.45, 7) is 5.76. The zero-order chi connectivity index (χ0) is 25.9. The van der Waals surface area contributed by atoms with Crippen molar-refractivity contribution in [3.05, 3.63) is 71.7 Å². The average Bonchev–Trinajstić information content (AvgIpc) is 2.85. The number of aliphatic imine (C=N–C) groups is 1. The number of anilines is 2. The molecule has 0 spiro atoms. The van der Waals surface area contributed by atoms with Gasteiger partial charge in [-0.2, -0.15) is 0 Å². The molecule has 1 fully saturated rings. The first-order chi connectivity index (χ1) is 17.1. The molecule has 2 aromatic heterocycles. The molecule has 2 heterocycles. The number of hydrogen-bond acceptors (Lipinski definition) is 6. The zero-order valence-corrected chi connectivity index (χ0v) is 21.0. The van der Waals surface area contributed by atoms with Gasteiger partial charge in [-0.15, -0.1) is 0 Å². The quantitative estimate of drug-likeness (QED) is 0.178. The van der Waals surface area contributed by atoms with E-state index < -0.39 is 11.5 Å². The van der Waals surface area contributed by atoms with E-state index in [1.165, 1.54) is 0 Å². The molecule has 0 unspecified atom stereocenters. The van der Waals surface area contributed by atoms with Gasteiger partial charge in [0.2, 0.25) is 5.69 Å². The van der Waals surface area contributed by atoms with Crippen LogP contribution in [0.2, 0.25) is 0 Å². The SMILES string of the molecule is CC(C)c1cccc(C(=O)Nc2cc(C=NC3CCC(C)(O)CC3)c(N)cc2-c2ccccn2)[n+]1O. The highest BCUT2D eigenvalue weighted by Gasteiger charge is 2.28. The fourth-order valence-corrected chi connectivity index (χ4v) is 4.46. The predicted molar refractivity (Wildman–Crippen MR) is 140 cm³/mol. The molecule has 0 aliphatic heterocycles. The maximum absolute atomic E-state index is 13.3. The smallest absolute Gasteiger partial charge is 0.325 e. The van der Waals surface area contributed by atoms with Crippen molar-refractivity contribution < 1.29 is 19.8 Å². The summed E-state index contributed by atoms with van der Waals surface area (Å²) in [7, 11) is 0. The lowest BCUT2D eigenvalue weighted by Crippen LogP contribution is -2.43. The van der Waals surface area contributed by atoms with Gasteiger partial charge >= 0.3 is 11.6 Å². The maximum atomic E-state index is 13.3. The summed E-state index contributed by atoms with van der Waals surface area (Å²) in [5.74, 6) is -0.422. The van der Waals surface area contributed by atoms with Crippen molar-refractivity contribution in [2.24, 2.45) is 4.99 Å². The third-order valence-electron chi connectivity index (χ3n) is 6.69. The average molecular weight is 489 g/mol. The van der Waals surface area contributed by atoms with Crippen LogP contribution in [0.4, 0.5) is 11.4 Å². The van der Waals surface area contributed by atoms with E-state index in [-0.39, 0.29) is 17.7 Å². The standard InChI is InChI=1S/C28H33N5O3/c1-18(2)25-8-6-9-26(33(25)36)27(34)32-24-15-19(17-31-20-10-12-28(3,35)13-11-20)22(29)16-21(24)23-7-4-5-14-30-23/h4-9,14-18,20,29,34-36H,10-13H2,1-3H3/p+1. The van der Waals surface area contributed by atoms with Crippen LogP contribution >= 0.6 is 0 Å². The van der Waals surface area contributed by atoms with Gasteiger partial charge in [0.15, 0.2) is 0 Å². The third kappa shape index (κ3) is 5.71. The van der Waals surface area contributed by atoms with Gasteiger partial charge in [-0.25, -0.2) is 0 Å². The molecule has 4 rings (SSSR count). The van der Waals surface area contributed by atoms with Crippen LogP contribution in [0, 0.1) is 0 Å². The highest BCUT2D eigenvalue weighted by molar-refractivity contribution is 6.05. The monoisotopic (exact) mass is 488 g/mol. The Morgan fingerprint density at radius 3 is 2.64 bits per heavy atom. The van der Waals surface area contributed by atoms with E-state index in [9.17, 15) is 15.1 Å². The van der Waals surface area contributed by atoms with Crippen LogP contribution in [0.5, 0.6) is 0 Å². The first kappa shape index (κ1) is 25.3. The van der Waals surface area contributed by atoms with Crippen LogP contribution in [0.15, 0.2) is 59.7 Å². The normalized spacial score (nSPS) is 20.1. The van der Waals surface area contributed by atoms with Gasteiger partial charge in [-0.3, -0.25) is 20.0 Å². The molecule has 0 atom stereocenters. The molecule has 36 heavy (non-hydrogen) atoms. The molecular formula is C28H34N5O3+. The number of carbonyl (C=O) groups is 1. The first-order valence-corrected chi connectivity index (χ1v) is 12.3. The number of aliphatic hydroxyl groups is 1. The number of aromatic nitrogens is 2. The van der Waals surface area contributed by atoms with E-state index in [1.807, 2.05) is 39.0 Å². The summed E-state index contributed by atoms with van der Waals surface area (Å²) in [4.78, 5) is 22.4. The van der Waals surface area contributed by atoms with Gasteiger partial charge < -0.3 is 16.2 Å². The van der Waals surface area contributed by atoms with E-state index in [0.29, 0.717) is 46.7 Å². The van der Waals surface area contributed by atoms with Crippen LogP contribution in [0.3, 0.4) is 0 Å². The molecule has 1 amide bonds. The molecule has 5 N–H and O–H groups in total. The van der Waals surface area contributed by atoms with Crippen LogP contribution in [0.25, 0.3) is 11.3 Å². The van der Waals surface area contributed by atoms with Crippen molar-refractivity contribution in [1.29, 1.82) is 0 Å². The Hall–Kier alpha value is -3.78. The Bertz CT molecular complexity index is 1260. The maximum Gasteiger partial charge on any atom is 0.325 e. The molecule has 1 aromatic carbocycles. The summed E-state index contributed by atoms with van der Waals surface area (Å²) >= 11 is 0. The molecule has 1 aliphatic carbocycles. The number of amides is 1. The topological polar surface area (TPSA) is 125 Å². The van der Waals surface area contributed by atoms with Gasteiger partial charge in [-0.05, 0) is 62.9 Å². The number of pyridine rings is 2. The summed E-state index contributed by atoms with van der Waals surface area (Å²) in [5.41, 5.74) is 9.54. The third-order valence-corrected chi connectivity index (χ3v) is 6.69. The van der Waals surface area contributed by atoms with E-state index in [2.05, 4.69) is 10.3 Å². The molecule has 3 aromatic rings. The number of rotatable bonds is 6. The fraction of sp³-hybridized carbons (Fsp3) is 0.357. The van der Waals surface area contributed by atoms with Crippen molar-refractivity contribution in [2.45, 2.75) is 64.0 Å². The Balaban J connectivity index is 1.68. The lowest BCUT2D eigenvalue weighted by Gasteiger charge is -2.31. The number of hydrogen-bond donors (Lipinski definition) is 4. The van der Waals surface area contributed by atoms with E-state index in [4.69, 9.17) is 10.7 Å². The number of carbonyl (C=O) groups excluding carboxylic acids is 1. The predicted octanol–water partition coefficient (Wildman–Crippen LogP) is 4.34. The molecule has 1 aliphatic rings. The van der Waals surface area contributed by atoms with Gasteiger partial charge in [-0.1, -0.05) is 19.9 Å². The Morgan fingerprint density at radius 2 is 1.97 bits per heavy atom. The second-order valence-electron chi connectivity index (χ2n) is 10.0. The largest absolute Gasteiger partial charge is 0.398 e. The summed E-state index contributed by atoms with van der Waals surface area (Å²) in [5, 5.41) is 23.8. The fourth-order valence-electron chi connectivity index (χ4n) is 4.46. The highest BCUT2D eigenvalue weighted by Crippen LogP contribution is 2.32. The Kier molecular flexibility index (Phi) is 7.35. The van der Waals surface area contributed by atoms with Crippen LogP contribution in [-0.2, 0) is 0 Å². The van der Waals surface area contributed by atoms with Gasteiger partial charge in [0, 0.05) is 52.0 Å². The number of nitrogen functional groups attached to an aromatic ring is 1. The minimum atomic E-state index is -0.622. The second-order valence-corrected chi connectivity index (χ2v) is 10.0. The Labute approximate surface area is 211 Å². The van der Waals surface area contributed by atoms with Crippen LogP contribution in [0.1, 0.15) is 74.1 Å². The van der Waals surface area contributed by atoms with E-state index in [0.717, 1.165) is 17.6 Å². The zero-order valence-electron chi connectivity index (χ0n) is 21.0. The molecule has 188 valence electrons. The molecule has 0 radical (unpaired) electrons. The molecule has 8 nitrogen and oxygen atoms in total. The second kappa shape index (κ2) is 10.5. The van der Waals surface area contributed by atoms with E-state index >= 15 is 0 Å². The van der Waals surface area contributed by atoms with Crippen molar-refractivity contribution in [3.63, 3.8) is 0 Å². The summed E-state index contributed by atoms with van der Waals surface area (Å²) in [6, 6.07) is 14.3. The van der Waals surface area contributed by atoms with E-state index in [1.54, 1.807) is 42.7 Å². The van der Waals surface area contributed by atoms with Crippen molar-refractivity contribution in [1.82, 2.24) is 4.98 Å². The number of nitrogens with one attached hydrogen (secondary N) is 1. The first-order valence-electron chi connectivity index (χ1n) is 12.3. The molecule has 1 saturated carbocycles. The molecule has 0 saturated heterocycles. The lowest BCUT2D eigenvalue weighted by atomic mass is 9.84. The summed E-state index contributed by atoms with van der Waals surface area (Å²) < 4.78 is 0.929. The molecule has 0 bridgehead atoms. The van der Waals surface area contributed by atoms with Crippen LogP contribution < -0.4 is 15.8 Å². The number of benzene rings is 1. The van der Waals surface area contributed by atoms with Gasteiger partial charge in [0.25, 0.3) is 0 Å². The lowest BCUT2D eigenvalue weighted by molar-refractivity contribution is -0.911. The van der Waals surface area contributed by atoms with Crippen molar-refractivity contribution in [3.8, 4) is 11.3 Å².